The molecule has 1 N–H and O–H groups in total. The third kappa shape index (κ3) is 3.30. The Labute approximate surface area is 84.0 Å². The lowest BCUT2D eigenvalue weighted by atomic mass is 9.95. The van der Waals surface area contributed by atoms with Crippen molar-refractivity contribution >= 4 is 12.7 Å². The Balaban J connectivity index is 2.39. The number of hydrogen-bond donors (Lipinski definition) is 1. The van der Waals surface area contributed by atoms with Gasteiger partial charge in [-0.1, -0.05) is 6.58 Å². The summed E-state index contributed by atoms with van der Waals surface area (Å²) >= 11 is 0. The van der Waals surface area contributed by atoms with Gasteiger partial charge in [-0.3, -0.25) is 0 Å². The molecule has 0 aromatic rings. The average Bonchev–Trinajstić information content (AvgIpc) is 2.20. The standard InChI is InChI=1S/C10H16N2O2/c1-3-12-10(11-2)14-9-6-4-8(13)5-7-9/h3,8-9,13H,1-2,4-7H2. The van der Waals surface area contributed by atoms with E-state index in [9.17, 15) is 5.11 Å². The predicted molar refractivity (Wildman–Crippen MR) is 56.5 cm³/mol. The SMILES string of the molecule is C=CN=C(N=C)OC1CCC(O)CC1. The van der Waals surface area contributed by atoms with Crippen LogP contribution in [0.5, 0.6) is 0 Å². The first-order valence-corrected chi connectivity index (χ1v) is 4.76. The molecule has 1 aliphatic carbocycles. The predicted octanol–water partition coefficient (Wildman–Crippen LogP) is 1.51. The Bertz CT molecular complexity index is 230. The first-order chi connectivity index (χ1) is 6.76. The third-order valence-electron chi connectivity index (χ3n) is 2.25. The molecule has 0 amide bonds. The van der Waals surface area contributed by atoms with E-state index in [1.54, 1.807) is 0 Å². The molecule has 0 aromatic carbocycles. The van der Waals surface area contributed by atoms with Crippen molar-refractivity contribution in [1.82, 2.24) is 0 Å². The summed E-state index contributed by atoms with van der Waals surface area (Å²) in [6.07, 6.45) is 4.54. The first kappa shape index (κ1) is 10.9. The minimum atomic E-state index is -0.175. The number of aliphatic imine (C=N–C) groups is 2. The van der Waals surface area contributed by atoms with Gasteiger partial charge >= 0.3 is 6.02 Å². The van der Waals surface area contributed by atoms with Crippen molar-refractivity contribution in [2.45, 2.75) is 37.9 Å². The van der Waals surface area contributed by atoms with Crippen molar-refractivity contribution in [3.8, 4) is 0 Å². The van der Waals surface area contributed by atoms with Gasteiger partial charge in [-0.15, -0.1) is 0 Å². The fraction of sp³-hybridized carbons (Fsp3) is 0.600. The molecule has 1 rings (SSSR count). The third-order valence-corrected chi connectivity index (χ3v) is 2.25. The molecule has 0 saturated heterocycles. The molecule has 0 aromatic heterocycles. The summed E-state index contributed by atoms with van der Waals surface area (Å²) in [5.74, 6) is 0. The van der Waals surface area contributed by atoms with Crippen molar-refractivity contribution in [2.75, 3.05) is 0 Å². The number of ether oxygens (including phenoxy) is 1. The zero-order valence-corrected chi connectivity index (χ0v) is 8.22. The molecule has 0 atom stereocenters. The molecular weight excluding hydrogens is 180 g/mol. The van der Waals surface area contributed by atoms with E-state index < -0.39 is 0 Å². The molecule has 0 spiro atoms. The second kappa shape index (κ2) is 5.54. The van der Waals surface area contributed by atoms with Gasteiger partial charge in [0, 0.05) is 6.20 Å². The van der Waals surface area contributed by atoms with Crippen LogP contribution in [0.15, 0.2) is 22.8 Å². The van der Waals surface area contributed by atoms with E-state index in [1.807, 2.05) is 0 Å². The summed E-state index contributed by atoms with van der Waals surface area (Å²) in [5, 5.41) is 9.28. The lowest BCUT2D eigenvalue weighted by Gasteiger charge is -2.25. The van der Waals surface area contributed by atoms with Crippen LogP contribution in [0.25, 0.3) is 0 Å². The van der Waals surface area contributed by atoms with E-state index in [2.05, 4.69) is 23.3 Å². The van der Waals surface area contributed by atoms with Crippen molar-refractivity contribution < 1.29 is 9.84 Å². The van der Waals surface area contributed by atoms with Crippen molar-refractivity contribution in [3.05, 3.63) is 12.8 Å². The van der Waals surface area contributed by atoms with Gasteiger partial charge in [-0.05, 0) is 32.4 Å². The minimum absolute atomic E-state index is 0.0996. The molecular formula is C10H16N2O2. The molecule has 0 heterocycles. The Morgan fingerprint density at radius 3 is 2.50 bits per heavy atom. The second-order valence-electron chi connectivity index (χ2n) is 3.30. The lowest BCUT2D eigenvalue weighted by molar-refractivity contribution is 0.0601. The monoisotopic (exact) mass is 196 g/mol. The van der Waals surface area contributed by atoms with Crippen molar-refractivity contribution in [3.63, 3.8) is 0 Å². The lowest BCUT2D eigenvalue weighted by Crippen LogP contribution is -2.26. The Kier molecular flexibility index (Phi) is 4.32. The normalized spacial score (nSPS) is 28.2. The summed E-state index contributed by atoms with van der Waals surface area (Å²) in [4.78, 5) is 7.46. The highest BCUT2D eigenvalue weighted by Crippen LogP contribution is 2.21. The number of aliphatic hydroxyl groups is 1. The molecule has 0 bridgehead atoms. The highest BCUT2D eigenvalue weighted by molar-refractivity contribution is 5.79. The Morgan fingerprint density at radius 1 is 1.36 bits per heavy atom. The van der Waals surface area contributed by atoms with Gasteiger partial charge in [0.1, 0.15) is 6.10 Å². The minimum Gasteiger partial charge on any atom is -0.460 e. The molecule has 4 heteroatoms. The zero-order chi connectivity index (χ0) is 10.4. The van der Waals surface area contributed by atoms with E-state index >= 15 is 0 Å². The second-order valence-corrected chi connectivity index (χ2v) is 3.30. The Morgan fingerprint density at radius 2 is 2.00 bits per heavy atom. The summed E-state index contributed by atoms with van der Waals surface area (Å²) in [5.41, 5.74) is 0. The summed E-state index contributed by atoms with van der Waals surface area (Å²) < 4.78 is 5.47. The van der Waals surface area contributed by atoms with Gasteiger partial charge in [-0.25, -0.2) is 9.98 Å². The quantitative estimate of drug-likeness (QED) is 0.537. The molecule has 1 saturated carbocycles. The topological polar surface area (TPSA) is 54.2 Å². The summed E-state index contributed by atoms with van der Waals surface area (Å²) in [6, 6.07) is 0.265. The molecule has 0 radical (unpaired) electrons. The zero-order valence-electron chi connectivity index (χ0n) is 8.22. The van der Waals surface area contributed by atoms with Gasteiger partial charge < -0.3 is 9.84 Å². The fourth-order valence-corrected chi connectivity index (χ4v) is 1.50. The van der Waals surface area contributed by atoms with E-state index in [1.165, 1.54) is 6.20 Å². The van der Waals surface area contributed by atoms with Crippen molar-refractivity contribution in [2.24, 2.45) is 9.98 Å². The van der Waals surface area contributed by atoms with Crippen LogP contribution in [0.2, 0.25) is 0 Å². The molecule has 0 aliphatic heterocycles. The summed E-state index contributed by atoms with van der Waals surface area (Å²) in [7, 11) is 0. The largest absolute Gasteiger partial charge is 0.460 e. The maximum atomic E-state index is 9.28. The maximum Gasteiger partial charge on any atom is 0.315 e. The molecule has 78 valence electrons. The average molecular weight is 196 g/mol. The molecule has 1 fully saturated rings. The van der Waals surface area contributed by atoms with Crippen molar-refractivity contribution in [1.29, 1.82) is 0 Å². The van der Waals surface area contributed by atoms with E-state index in [0.717, 1.165) is 25.7 Å². The fourth-order valence-electron chi connectivity index (χ4n) is 1.50. The van der Waals surface area contributed by atoms with Gasteiger partial charge in [0.2, 0.25) is 0 Å². The van der Waals surface area contributed by atoms with Crippen LogP contribution in [0.3, 0.4) is 0 Å². The van der Waals surface area contributed by atoms with Crippen LogP contribution in [0.1, 0.15) is 25.7 Å². The van der Waals surface area contributed by atoms with Crippen LogP contribution in [0.4, 0.5) is 0 Å². The van der Waals surface area contributed by atoms with Crippen LogP contribution in [-0.4, -0.2) is 30.1 Å². The van der Waals surface area contributed by atoms with Gasteiger partial charge in [-0.2, -0.15) is 0 Å². The number of hydrogen-bond acceptors (Lipinski definition) is 3. The van der Waals surface area contributed by atoms with E-state index in [0.29, 0.717) is 0 Å². The van der Waals surface area contributed by atoms with Gasteiger partial charge in [0.25, 0.3) is 0 Å². The highest BCUT2D eigenvalue weighted by atomic mass is 16.5. The number of nitrogens with zero attached hydrogens (tertiary/aromatic N) is 2. The van der Waals surface area contributed by atoms with Crippen LogP contribution in [0, 0.1) is 0 Å². The van der Waals surface area contributed by atoms with Crippen LogP contribution in [-0.2, 0) is 4.74 Å². The molecule has 4 nitrogen and oxygen atoms in total. The molecule has 0 unspecified atom stereocenters. The number of aliphatic hydroxyl groups excluding tert-OH is 1. The van der Waals surface area contributed by atoms with E-state index in [-0.39, 0.29) is 18.2 Å². The smallest absolute Gasteiger partial charge is 0.315 e. The van der Waals surface area contributed by atoms with Crippen LogP contribution >= 0.6 is 0 Å². The van der Waals surface area contributed by atoms with E-state index in [4.69, 9.17) is 4.74 Å². The Hall–Kier alpha value is -1.16. The number of rotatable bonds is 2. The first-order valence-electron chi connectivity index (χ1n) is 4.76. The van der Waals surface area contributed by atoms with Crippen LogP contribution < -0.4 is 0 Å². The van der Waals surface area contributed by atoms with Gasteiger partial charge in [0.05, 0.1) is 6.10 Å². The maximum absolute atomic E-state index is 9.28. The van der Waals surface area contributed by atoms with Gasteiger partial charge in [0.15, 0.2) is 0 Å². The number of amidine groups is 1. The molecule has 1 aliphatic rings. The molecule has 14 heavy (non-hydrogen) atoms. The summed E-state index contributed by atoms with van der Waals surface area (Å²) in [6.45, 7) is 6.82. The highest BCUT2D eigenvalue weighted by Gasteiger charge is 2.21.